The number of nitrogens with zero attached hydrogens (tertiary/aromatic N) is 7. The number of aromatic nitrogens is 5. The van der Waals surface area contributed by atoms with Crippen LogP contribution in [0.2, 0.25) is 0 Å². The van der Waals surface area contributed by atoms with Crippen LogP contribution in [-0.4, -0.2) is 73.0 Å². The van der Waals surface area contributed by atoms with Crippen LogP contribution in [0.4, 0.5) is 0 Å². The number of benzene rings is 1. The van der Waals surface area contributed by atoms with Crippen LogP contribution in [0.5, 0.6) is 5.75 Å². The Kier molecular flexibility index (Phi) is 4.94. The van der Waals surface area contributed by atoms with Gasteiger partial charge in [-0.05, 0) is 38.1 Å². The molecule has 9 heteroatoms. The maximum Gasteiger partial charge on any atom is 0.293 e. The minimum absolute atomic E-state index is 0.122. The molecule has 172 valence electrons. The number of fused-ring (bicyclic) bond motifs is 4. The number of carbonyl (C=O) groups is 1. The van der Waals surface area contributed by atoms with E-state index in [9.17, 15) is 4.79 Å². The van der Waals surface area contributed by atoms with Gasteiger partial charge in [-0.25, -0.2) is 4.98 Å². The van der Waals surface area contributed by atoms with Gasteiger partial charge in [-0.2, -0.15) is 5.10 Å². The van der Waals surface area contributed by atoms with Crippen LogP contribution < -0.4 is 4.74 Å². The third kappa shape index (κ3) is 3.51. The standard InChI is InChI=1S/C24H29N7O2/c1-28-17-25-22(27-28)23(32)30-12-8-24(9-13-30)19-16-26-31(15-14-29-10-4-5-11-29)21(19)18-6-2-3-7-20(18)33-24/h2-3,6-7,16-17H,4-5,8-15H2,1H3. The van der Waals surface area contributed by atoms with Crippen LogP contribution in [0.3, 0.4) is 0 Å². The molecule has 0 unspecified atom stereocenters. The van der Waals surface area contributed by atoms with Crippen LogP contribution in [0.15, 0.2) is 36.8 Å². The molecule has 1 spiro atoms. The summed E-state index contributed by atoms with van der Waals surface area (Å²) in [6.07, 6.45) is 7.56. The zero-order valence-corrected chi connectivity index (χ0v) is 19.0. The Morgan fingerprint density at radius 2 is 1.88 bits per heavy atom. The Bertz CT molecular complexity index is 1170. The van der Waals surface area contributed by atoms with Crippen LogP contribution in [-0.2, 0) is 19.2 Å². The zero-order valence-electron chi connectivity index (χ0n) is 19.0. The van der Waals surface area contributed by atoms with E-state index in [1.807, 2.05) is 23.2 Å². The van der Waals surface area contributed by atoms with E-state index in [1.165, 1.54) is 31.6 Å². The molecule has 0 N–H and O–H groups in total. The van der Waals surface area contributed by atoms with E-state index in [4.69, 9.17) is 9.84 Å². The number of rotatable bonds is 4. The minimum Gasteiger partial charge on any atom is -0.482 e. The first kappa shape index (κ1) is 20.4. The van der Waals surface area contributed by atoms with Crippen molar-refractivity contribution in [2.24, 2.45) is 7.05 Å². The monoisotopic (exact) mass is 447 g/mol. The molecule has 2 fully saturated rings. The normalized spacial score (nSPS) is 19.4. The first-order valence-electron chi connectivity index (χ1n) is 11.8. The number of hydrogen-bond acceptors (Lipinski definition) is 6. The molecule has 2 saturated heterocycles. The highest BCUT2D eigenvalue weighted by Gasteiger charge is 2.46. The van der Waals surface area contributed by atoms with Gasteiger partial charge in [0, 0.05) is 50.7 Å². The largest absolute Gasteiger partial charge is 0.482 e. The van der Waals surface area contributed by atoms with Gasteiger partial charge < -0.3 is 14.5 Å². The Morgan fingerprint density at radius 1 is 1.09 bits per heavy atom. The van der Waals surface area contributed by atoms with E-state index in [2.05, 4.69) is 31.8 Å². The molecule has 9 nitrogen and oxygen atoms in total. The van der Waals surface area contributed by atoms with Crippen molar-refractivity contribution >= 4 is 5.91 Å². The SMILES string of the molecule is Cn1cnc(C(=O)N2CCC3(CC2)Oc2ccccc2-c2c3cnn2CCN2CCCC2)n1. The lowest BCUT2D eigenvalue weighted by Gasteiger charge is -2.44. The van der Waals surface area contributed by atoms with Crippen molar-refractivity contribution in [3.8, 4) is 17.0 Å². The molecule has 3 aliphatic rings. The summed E-state index contributed by atoms with van der Waals surface area (Å²) in [7, 11) is 1.77. The second kappa shape index (κ2) is 7.98. The van der Waals surface area contributed by atoms with Crippen molar-refractivity contribution in [2.45, 2.75) is 37.8 Å². The molecular formula is C24H29N7O2. The lowest BCUT2D eigenvalue weighted by molar-refractivity contribution is -0.00212. The Hall–Kier alpha value is -3.20. The molecule has 1 amide bonds. The number of carbonyl (C=O) groups excluding carboxylic acids is 1. The third-order valence-corrected chi connectivity index (χ3v) is 7.25. The van der Waals surface area contributed by atoms with Crippen molar-refractivity contribution in [3.63, 3.8) is 0 Å². The van der Waals surface area contributed by atoms with E-state index < -0.39 is 5.60 Å². The number of hydrogen-bond donors (Lipinski definition) is 0. The second-order valence-electron chi connectivity index (χ2n) is 9.31. The summed E-state index contributed by atoms with van der Waals surface area (Å²) in [5, 5.41) is 9.00. The molecule has 0 atom stereocenters. The van der Waals surface area contributed by atoms with Gasteiger partial charge in [-0.15, -0.1) is 5.10 Å². The molecule has 1 aromatic carbocycles. The maximum atomic E-state index is 12.9. The number of para-hydroxylation sites is 1. The highest BCUT2D eigenvalue weighted by molar-refractivity contribution is 5.90. The van der Waals surface area contributed by atoms with Gasteiger partial charge in [0.2, 0.25) is 5.82 Å². The summed E-state index contributed by atoms with van der Waals surface area (Å²) in [5.41, 5.74) is 2.95. The predicted octanol–water partition coefficient (Wildman–Crippen LogP) is 2.30. The van der Waals surface area contributed by atoms with E-state index in [0.717, 1.165) is 30.0 Å². The predicted molar refractivity (Wildman–Crippen MR) is 122 cm³/mol. The summed E-state index contributed by atoms with van der Waals surface area (Å²) in [6, 6.07) is 8.25. The molecule has 3 aliphatic heterocycles. The van der Waals surface area contributed by atoms with Crippen LogP contribution in [0, 0.1) is 0 Å². The Labute approximate surface area is 193 Å². The van der Waals surface area contributed by atoms with Gasteiger partial charge in [-0.1, -0.05) is 12.1 Å². The molecule has 0 bridgehead atoms. The number of likely N-dealkylation sites (tertiary alicyclic amines) is 2. The van der Waals surface area contributed by atoms with Gasteiger partial charge >= 0.3 is 0 Å². The molecule has 2 aromatic heterocycles. The van der Waals surface area contributed by atoms with Crippen LogP contribution in [0.25, 0.3) is 11.3 Å². The van der Waals surface area contributed by atoms with E-state index >= 15 is 0 Å². The first-order chi connectivity index (χ1) is 16.1. The first-order valence-corrected chi connectivity index (χ1v) is 11.8. The molecule has 3 aromatic rings. The fourth-order valence-electron chi connectivity index (χ4n) is 5.45. The second-order valence-corrected chi connectivity index (χ2v) is 9.31. The van der Waals surface area contributed by atoms with Crippen LogP contribution >= 0.6 is 0 Å². The summed E-state index contributed by atoms with van der Waals surface area (Å²) in [4.78, 5) is 21.4. The summed E-state index contributed by atoms with van der Waals surface area (Å²) in [5.74, 6) is 1.03. The van der Waals surface area contributed by atoms with Gasteiger partial charge in [-0.3, -0.25) is 14.2 Å². The summed E-state index contributed by atoms with van der Waals surface area (Å²) >= 11 is 0. The lowest BCUT2D eigenvalue weighted by Crippen LogP contribution is -2.49. The summed E-state index contributed by atoms with van der Waals surface area (Å²) in [6.45, 7) is 5.44. The highest BCUT2D eigenvalue weighted by Crippen LogP contribution is 2.49. The molecule has 5 heterocycles. The Balaban J connectivity index is 1.27. The van der Waals surface area contributed by atoms with Gasteiger partial charge in [0.15, 0.2) is 0 Å². The average molecular weight is 448 g/mol. The van der Waals surface area contributed by atoms with Crippen molar-refractivity contribution in [1.29, 1.82) is 0 Å². The molecule has 0 aliphatic carbocycles. The van der Waals surface area contributed by atoms with E-state index in [-0.39, 0.29) is 11.7 Å². The fraction of sp³-hybridized carbons (Fsp3) is 0.500. The lowest BCUT2D eigenvalue weighted by atomic mass is 9.81. The third-order valence-electron chi connectivity index (χ3n) is 7.25. The van der Waals surface area contributed by atoms with E-state index in [1.54, 1.807) is 18.1 Å². The van der Waals surface area contributed by atoms with Crippen molar-refractivity contribution < 1.29 is 9.53 Å². The van der Waals surface area contributed by atoms with Crippen molar-refractivity contribution in [3.05, 3.63) is 48.2 Å². The molecule has 0 radical (unpaired) electrons. The van der Waals surface area contributed by atoms with Gasteiger partial charge in [0.05, 0.1) is 18.4 Å². The van der Waals surface area contributed by atoms with Crippen molar-refractivity contribution in [1.82, 2.24) is 34.3 Å². The van der Waals surface area contributed by atoms with Crippen molar-refractivity contribution in [2.75, 3.05) is 32.7 Å². The molecule has 33 heavy (non-hydrogen) atoms. The van der Waals surface area contributed by atoms with Gasteiger partial charge in [0.1, 0.15) is 17.7 Å². The number of ether oxygens (including phenoxy) is 1. The molecule has 0 saturated carbocycles. The number of piperidine rings is 1. The van der Waals surface area contributed by atoms with Crippen LogP contribution in [0.1, 0.15) is 41.9 Å². The quantitative estimate of drug-likeness (QED) is 0.611. The Morgan fingerprint density at radius 3 is 2.64 bits per heavy atom. The fourth-order valence-corrected chi connectivity index (χ4v) is 5.45. The summed E-state index contributed by atoms with van der Waals surface area (Å²) < 4.78 is 10.4. The molecule has 6 rings (SSSR count). The smallest absolute Gasteiger partial charge is 0.293 e. The highest BCUT2D eigenvalue weighted by atomic mass is 16.5. The minimum atomic E-state index is -0.468. The maximum absolute atomic E-state index is 12.9. The average Bonchev–Trinajstić information content (AvgIpc) is 3.59. The number of aryl methyl sites for hydroxylation is 1. The van der Waals surface area contributed by atoms with E-state index in [0.29, 0.717) is 25.9 Å². The topological polar surface area (TPSA) is 81.3 Å². The molecular weight excluding hydrogens is 418 g/mol. The van der Waals surface area contributed by atoms with Gasteiger partial charge in [0.25, 0.3) is 5.91 Å². The zero-order chi connectivity index (χ0) is 22.4. The number of amides is 1.